The molecule has 0 aliphatic heterocycles. The molecule has 0 fully saturated rings. The average molecular weight is 265 g/mol. The van der Waals surface area contributed by atoms with Crippen molar-refractivity contribution in [2.45, 2.75) is 20.8 Å². The molecule has 0 atom stereocenters. The number of rotatable bonds is 2. The Hall–Kier alpha value is -2.22. The van der Waals surface area contributed by atoms with Crippen molar-refractivity contribution < 1.29 is 4.74 Å². The molecule has 0 spiro atoms. The molecule has 102 valence electrons. The first kappa shape index (κ1) is 12.8. The highest BCUT2D eigenvalue weighted by Gasteiger charge is 2.12. The number of ether oxygens (including phenoxy) is 1. The lowest BCUT2D eigenvalue weighted by Crippen LogP contribution is -1.92. The maximum atomic E-state index is 5.45. The SMILES string of the molecule is COc1c(C)cc(-c2[nH]c3ccccc3c2C)cc1C. The molecule has 0 bridgehead atoms. The van der Waals surface area contributed by atoms with Crippen LogP contribution in [0.1, 0.15) is 16.7 Å². The largest absolute Gasteiger partial charge is 0.496 e. The fourth-order valence-electron chi connectivity index (χ4n) is 2.99. The molecule has 2 aromatic carbocycles. The molecule has 0 aliphatic rings. The van der Waals surface area contributed by atoms with Crippen LogP contribution in [0.3, 0.4) is 0 Å². The summed E-state index contributed by atoms with van der Waals surface area (Å²) in [5.74, 6) is 0.975. The average Bonchev–Trinajstić information content (AvgIpc) is 2.76. The summed E-state index contributed by atoms with van der Waals surface area (Å²) in [7, 11) is 1.73. The predicted octanol–water partition coefficient (Wildman–Crippen LogP) is 4.77. The summed E-state index contributed by atoms with van der Waals surface area (Å²) in [5, 5.41) is 1.29. The van der Waals surface area contributed by atoms with Gasteiger partial charge in [0.1, 0.15) is 5.75 Å². The van der Waals surface area contributed by atoms with Gasteiger partial charge in [-0.2, -0.15) is 0 Å². The van der Waals surface area contributed by atoms with Crippen LogP contribution in [0.25, 0.3) is 22.2 Å². The summed E-state index contributed by atoms with van der Waals surface area (Å²) in [6.07, 6.45) is 0. The second kappa shape index (κ2) is 4.71. The third-order valence-electron chi connectivity index (χ3n) is 3.92. The number of hydrogen-bond donors (Lipinski definition) is 1. The van der Waals surface area contributed by atoms with Crippen LogP contribution in [-0.2, 0) is 0 Å². The van der Waals surface area contributed by atoms with Crippen molar-refractivity contribution in [2.24, 2.45) is 0 Å². The van der Waals surface area contributed by atoms with Gasteiger partial charge in [-0.3, -0.25) is 0 Å². The second-order valence-corrected chi connectivity index (χ2v) is 5.31. The highest BCUT2D eigenvalue weighted by atomic mass is 16.5. The van der Waals surface area contributed by atoms with Gasteiger partial charge in [-0.1, -0.05) is 18.2 Å². The lowest BCUT2D eigenvalue weighted by Gasteiger charge is -2.11. The van der Waals surface area contributed by atoms with Crippen LogP contribution in [0.4, 0.5) is 0 Å². The molecule has 0 saturated carbocycles. The van der Waals surface area contributed by atoms with E-state index < -0.39 is 0 Å². The molecule has 3 aromatic rings. The molecule has 0 amide bonds. The monoisotopic (exact) mass is 265 g/mol. The molecule has 1 aromatic heterocycles. The van der Waals surface area contributed by atoms with Gasteiger partial charge in [-0.05, 0) is 61.2 Å². The highest BCUT2D eigenvalue weighted by molar-refractivity contribution is 5.90. The number of fused-ring (bicyclic) bond motifs is 1. The van der Waals surface area contributed by atoms with Crippen LogP contribution in [0, 0.1) is 20.8 Å². The minimum atomic E-state index is 0.975. The van der Waals surface area contributed by atoms with E-state index in [-0.39, 0.29) is 0 Å². The van der Waals surface area contributed by atoms with Crippen LogP contribution in [0.15, 0.2) is 36.4 Å². The number of methoxy groups -OCH3 is 1. The van der Waals surface area contributed by atoms with E-state index in [1.165, 1.54) is 38.9 Å². The predicted molar refractivity (Wildman–Crippen MR) is 84.5 cm³/mol. The minimum Gasteiger partial charge on any atom is -0.496 e. The number of hydrogen-bond acceptors (Lipinski definition) is 1. The number of nitrogens with one attached hydrogen (secondary N) is 1. The van der Waals surface area contributed by atoms with E-state index in [1.54, 1.807) is 7.11 Å². The van der Waals surface area contributed by atoms with Crippen LogP contribution in [0.5, 0.6) is 5.75 Å². The van der Waals surface area contributed by atoms with Gasteiger partial charge in [0.05, 0.1) is 7.11 Å². The Labute approximate surface area is 119 Å². The van der Waals surface area contributed by atoms with Crippen molar-refractivity contribution >= 4 is 10.9 Å². The molecule has 0 aliphatic carbocycles. The standard InChI is InChI=1S/C18H19NO/c1-11-9-14(10-12(2)18(11)20-4)17-13(3)15-7-5-6-8-16(15)19-17/h5-10,19H,1-4H3. The number of aromatic nitrogens is 1. The zero-order valence-electron chi connectivity index (χ0n) is 12.4. The van der Waals surface area contributed by atoms with Gasteiger partial charge in [0.25, 0.3) is 0 Å². The minimum absolute atomic E-state index is 0.975. The summed E-state index contributed by atoms with van der Waals surface area (Å²) in [4.78, 5) is 3.53. The van der Waals surface area contributed by atoms with E-state index >= 15 is 0 Å². The molecular weight excluding hydrogens is 246 g/mol. The molecule has 0 unspecified atom stereocenters. The number of aromatic amines is 1. The fraction of sp³-hybridized carbons (Fsp3) is 0.222. The van der Waals surface area contributed by atoms with Crippen LogP contribution in [-0.4, -0.2) is 12.1 Å². The first-order valence-corrected chi connectivity index (χ1v) is 6.84. The van der Waals surface area contributed by atoms with E-state index in [0.717, 1.165) is 5.75 Å². The van der Waals surface area contributed by atoms with Crippen molar-refractivity contribution in [1.82, 2.24) is 4.98 Å². The maximum Gasteiger partial charge on any atom is 0.124 e. The molecule has 3 rings (SSSR count). The zero-order chi connectivity index (χ0) is 14.3. The van der Waals surface area contributed by atoms with E-state index in [0.29, 0.717) is 0 Å². The van der Waals surface area contributed by atoms with Crippen LogP contribution < -0.4 is 4.74 Å². The van der Waals surface area contributed by atoms with Gasteiger partial charge in [0, 0.05) is 16.6 Å². The first-order valence-electron chi connectivity index (χ1n) is 6.84. The highest BCUT2D eigenvalue weighted by Crippen LogP contribution is 2.33. The quantitative estimate of drug-likeness (QED) is 0.709. The zero-order valence-corrected chi connectivity index (χ0v) is 12.4. The lowest BCUT2D eigenvalue weighted by atomic mass is 10.0. The number of H-pyrrole nitrogens is 1. The third-order valence-corrected chi connectivity index (χ3v) is 3.92. The van der Waals surface area contributed by atoms with Crippen LogP contribution >= 0.6 is 0 Å². The van der Waals surface area contributed by atoms with Crippen molar-refractivity contribution in [3.05, 3.63) is 53.1 Å². The van der Waals surface area contributed by atoms with E-state index in [2.05, 4.69) is 62.2 Å². The Balaban J connectivity index is 2.23. The molecular formula is C18H19NO. The summed E-state index contributed by atoms with van der Waals surface area (Å²) < 4.78 is 5.45. The van der Waals surface area contributed by atoms with Gasteiger partial charge in [0.2, 0.25) is 0 Å². The lowest BCUT2D eigenvalue weighted by molar-refractivity contribution is 0.408. The molecule has 2 nitrogen and oxygen atoms in total. The van der Waals surface area contributed by atoms with Crippen LogP contribution in [0.2, 0.25) is 0 Å². The summed E-state index contributed by atoms with van der Waals surface area (Å²) >= 11 is 0. The van der Waals surface area contributed by atoms with Crippen molar-refractivity contribution in [3.63, 3.8) is 0 Å². The molecule has 1 N–H and O–H groups in total. The summed E-state index contributed by atoms with van der Waals surface area (Å²) in [5.41, 5.74) is 7.23. The van der Waals surface area contributed by atoms with Gasteiger partial charge < -0.3 is 9.72 Å². The maximum absolute atomic E-state index is 5.45. The van der Waals surface area contributed by atoms with Crippen molar-refractivity contribution in [3.8, 4) is 17.0 Å². The Bertz CT molecular complexity index is 760. The van der Waals surface area contributed by atoms with E-state index in [9.17, 15) is 0 Å². The summed E-state index contributed by atoms with van der Waals surface area (Å²) in [6, 6.07) is 12.8. The third kappa shape index (κ3) is 1.88. The van der Waals surface area contributed by atoms with Gasteiger partial charge >= 0.3 is 0 Å². The molecule has 20 heavy (non-hydrogen) atoms. The first-order chi connectivity index (χ1) is 9.61. The van der Waals surface area contributed by atoms with Gasteiger partial charge in [-0.15, -0.1) is 0 Å². The molecule has 2 heteroatoms. The summed E-state index contributed by atoms with van der Waals surface area (Å²) in [6.45, 7) is 6.35. The molecule has 0 saturated heterocycles. The second-order valence-electron chi connectivity index (χ2n) is 5.31. The fourth-order valence-corrected chi connectivity index (χ4v) is 2.99. The molecule has 0 radical (unpaired) electrons. The van der Waals surface area contributed by atoms with Gasteiger partial charge in [0.15, 0.2) is 0 Å². The Morgan fingerprint density at radius 2 is 1.60 bits per heavy atom. The smallest absolute Gasteiger partial charge is 0.124 e. The Morgan fingerprint density at radius 3 is 2.20 bits per heavy atom. The van der Waals surface area contributed by atoms with E-state index in [1.807, 2.05) is 0 Å². The Kier molecular flexibility index (Phi) is 3.01. The number of aryl methyl sites for hydroxylation is 3. The number of para-hydroxylation sites is 1. The van der Waals surface area contributed by atoms with Crippen molar-refractivity contribution in [2.75, 3.05) is 7.11 Å². The Morgan fingerprint density at radius 1 is 0.950 bits per heavy atom. The normalized spacial score (nSPS) is 11.0. The number of benzene rings is 2. The van der Waals surface area contributed by atoms with Crippen molar-refractivity contribution in [1.29, 1.82) is 0 Å². The topological polar surface area (TPSA) is 25.0 Å². The van der Waals surface area contributed by atoms with E-state index in [4.69, 9.17) is 4.74 Å². The molecule has 1 heterocycles. The van der Waals surface area contributed by atoms with Gasteiger partial charge in [-0.25, -0.2) is 0 Å².